The predicted octanol–water partition coefficient (Wildman–Crippen LogP) is 3.46. The molecule has 1 saturated heterocycles. The minimum atomic E-state index is -0.552. The molecule has 7 heteroatoms. The van der Waals surface area contributed by atoms with Gasteiger partial charge in [0.2, 0.25) is 11.8 Å². The van der Waals surface area contributed by atoms with Crippen molar-refractivity contribution in [1.82, 2.24) is 19.8 Å². The van der Waals surface area contributed by atoms with E-state index in [1.54, 1.807) is 23.2 Å². The van der Waals surface area contributed by atoms with Crippen LogP contribution in [0.5, 0.6) is 5.88 Å². The van der Waals surface area contributed by atoms with Crippen LogP contribution in [0.15, 0.2) is 67.1 Å². The van der Waals surface area contributed by atoms with Crippen LogP contribution in [0.25, 0.3) is 11.1 Å². The molecule has 0 radical (unpaired) electrons. The Morgan fingerprint density at radius 2 is 1.88 bits per heavy atom. The maximum absolute atomic E-state index is 13.3. The highest BCUT2D eigenvalue weighted by Crippen LogP contribution is 2.23. The van der Waals surface area contributed by atoms with Crippen molar-refractivity contribution >= 4 is 11.8 Å². The molecule has 1 atom stereocenters. The summed E-state index contributed by atoms with van der Waals surface area (Å²) in [4.78, 5) is 38.5. The quantitative estimate of drug-likeness (QED) is 0.558. The van der Waals surface area contributed by atoms with E-state index in [4.69, 9.17) is 4.74 Å². The Morgan fingerprint density at radius 3 is 2.52 bits per heavy atom. The van der Waals surface area contributed by atoms with Gasteiger partial charge in [-0.3, -0.25) is 14.6 Å². The van der Waals surface area contributed by atoms with Crippen molar-refractivity contribution < 1.29 is 14.3 Å². The van der Waals surface area contributed by atoms with E-state index in [0.29, 0.717) is 37.5 Å². The molecule has 2 aromatic heterocycles. The summed E-state index contributed by atoms with van der Waals surface area (Å²) in [5.41, 5.74) is 3.55. The summed E-state index contributed by atoms with van der Waals surface area (Å²) in [7, 11) is 1.53. The lowest BCUT2D eigenvalue weighted by atomic mass is 9.98. The summed E-state index contributed by atoms with van der Waals surface area (Å²) in [5, 5.41) is 0. The SMILES string of the molecule is CCCN1CCN(C(=O)c2ccc(OC)nc2)C(Cc2ccc(-c3cccnc3)cc2)C1=O. The number of methoxy groups -OCH3 is 1. The van der Waals surface area contributed by atoms with E-state index in [1.807, 2.05) is 47.5 Å². The van der Waals surface area contributed by atoms with Gasteiger partial charge in [-0.1, -0.05) is 37.3 Å². The molecule has 0 saturated carbocycles. The van der Waals surface area contributed by atoms with Crippen molar-refractivity contribution in [2.75, 3.05) is 26.7 Å². The van der Waals surface area contributed by atoms with Crippen LogP contribution < -0.4 is 4.74 Å². The number of amides is 2. The molecule has 1 fully saturated rings. The normalized spacial score (nSPS) is 16.1. The number of benzene rings is 1. The van der Waals surface area contributed by atoms with Crippen molar-refractivity contribution in [3.05, 3.63) is 78.2 Å². The highest BCUT2D eigenvalue weighted by Gasteiger charge is 2.37. The number of pyridine rings is 2. The molecule has 1 unspecified atom stereocenters. The Balaban J connectivity index is 1.57. The lowest BCUT2D eigenvalue weighted by Gasteiger charge is -2.40. The van der Waals surface area contributed by atoms with Crippen LogP contribution in [-0.2, 0) is 11.2 Å². The molecule has 170 valence electrons. The lowest BCUT2D eigenvalue weighted by Crippen LogP contribution is -2.59. The second kappa shape index (κ2) is 10.3. The van der Waals surface area contributed by atoms with E-state index in [-0.39, 0.29) is 11.8 Å². The first-order valence-electron chi connectivity index (χ1n) is 11.2. The topological polar surface area (TPSA) is 75.6 Å². The van der Waals surface area contributed by atoms with E-state index < -0.39 is 6.04 Å². The van der Waals surface area contributed by atoms with Gasteiger partial charge in [-0.2, -0.15) is 0 Å². The van der Waals surface area contributed by atoms with Crippen LogP contribution in [0.2, 0.25) is 0 Å². The van der Waals surface area contributed by atoms with Crippen LogP contribution >= 0.6 is 0 Å². The molecule has 33 heavy (non-hydrogen) atoms. The number of carbonyl (C=O) groups excluding carboxylic acids is 2. The monoisotopic (exact) mass is 444 g/mol. The number of ether oxygens (including phenoxy) is 1. The zero-order valence-electron chi connectivity index (χ0n) is 19.0. The number of aromatic nitrogens is 2. The molecule has 3 heterocycles. The van der Waals surface area contributed by atoms with E-state index in [0.717, 1.165) is 23.1 Å². The first-order valence-corrected chi connectivity index (χ1v) is 11.2. The second-order valence-electron chi connectivity index (χ2n) is 8.07. The fraction of sp³-hybridized carbons (Fsp3) is 0.308. The van der Waals surface area contributed by atoms with Crippen LogP contribution in [-0.4, -0.2) is 64.4 Å². The lowest BCUT2D eigenvalue weighted by molar-refractivity contribution is -0.140. The summed E-state index contributed by atoms with van der Waals surface area (Å²) < 4.78 is 5.09. The fourth-order valence-corrected chi connectivity index (χ4v) is 4.15. The third-order valence-electron chi connectivity index (χ3n) is 5.91. The minimum absolute atomic E-state index is 0.00532. The Labute approximate surface area is 194 Å². The number of hydrogen-bond acceptors (Lipinski definition) is 5. The average molecular weight is 445 g/mol. The smallest absolute Gasteiger partial charge is 0.256 e. The molecule has 7 nitrogen and oxygen atoms in total. The van der Waals surface area contributed by atoms with Gasteiger partial charge in [-0.25, -0.2) is 4.98 Å². The maximum Gasteiger partial charge on any atom is 0.256 e. The minimum Gasteiger partial charge on any atom is -0.481 e. The summed E-state index contributed by atoms with van der Waals surface area (Å²) in [6.07, 6.45) is 6.42. The molecule has 4 rings (SSSR count). The number of piperazine rings is 1. The molecule has 0 N–H and O–H groups in total. The number of carbonyl (C=O) groups is 2. The van der Waals surface area contributed by atoms with E-state index in [1.165, 1.54) is 13.3 Å². The van der Waals surface area contributed by atoms with Crippen molar-refractivity contribution in [2.24, 2.45) is 0 Å². The van der Waals surface area contributed by atoms with Crippen LogP contribution in [0, 0.1) is 0 Å². The molecule has 0 spiro atoms. The fourth-order valence-electron chi connectivity index (χ4n) is 4.15. The van der Waals surface area contributed by atoms with Crippen LogP contribution in [0.1, 0.15) is 29.3 Å². The zero-order chi connectivity index (χ0) is 23.2. The van der Waals surface area contributed by atoms with Gasteiger partial charge in [0.25, 0.3) is 5.91 Å². The molecule has 1 aliphatic heterocycles. The maximum atomic E-state index is 13.3. The third kappa shape index (κ3) is 5.03. The van der Waals surface area contributed by atoms with Gasteiger partial charge in [-0.15, -0.1) is 0 Å². The molecule has 1 aromatic carbocycles. The van der Waals surface area contributed by atoms with Gasteiger partial charge in [0.1, 0.15) is 6.04 Å². The van der Waals surface area contributed by atoms with Crippen LogP contribution in [0.3, 0.4) is 0 Å². The number of nitrogens with zero attached hydrogens (tertiary/aromatic N) is 4. The summed E-state index contributed by atoms with van der Waals surface area (Å²) >= 11 is 0. The summed E-state index contributed by atoms with van der Waals surface area (Å²) in [6, 6.07) is 14.8. The standard InChI is InChI=1S/C26H28N4O3/c1-3-13-29-14-15-30(25(31)22-10-11-24(33-2)28-18-22)23(26(29)32)16-19-6-8-20(9-7-19)21-5-4-12-27-17-21/h4-12,17-18,23H,3,13-16H2,1-2H3. The van der Waals surface area contributed by atoms with Gasteiger partial charge in [0.15, 0.2) is 0 Å². The first kappa shape index (κ1) is 22.5. The summed E-state index contributed by atoms with van der Waals surface area (Å²) in [5.74, 6) is 0.251. The molecule has 0 bridgehead atoms. The van der Waals surface area contributed by atoms with E-state index in [2.05, 4.69) is 16.9 Å². The highest BCUT2D eigenvalue weighted by molar-refractivity contribution is 5.98. The van der Waals surface area contributed by atoms with Gasteiger partial charge >= 0.3 is 0 Å². The molecule has 1 aliphatic rings. The van der Waals surface area contributed by atoms with Gasteiger partial charge < -0.3 is 14.5 Å². The molecule has 2 amide bonds. The number of rotatable bonds is 7. The van der Waals surface area contributed by atoms with Crippen molar-refractivity contribution in [3.63, 3.8) is 0 Å². The predicted molar refractivity (Wildman–Crippen MR) is 126 cm³/mol. The van der Waals surface area contributed by atoms with E-state index in [9.17, 15) is 9.59 Å². The van der Waals surface area contributed by atoms with Gasteiger partial charge in [0.05, 0.1) is 12.7 Å². The Bertz CT molecular complexity index is 1080. The van der Waals surface area contributed by atoms with Gasteiger partial charge in [-0.05, 0) is 35.2 Å². The van der Waals surface area contributed by atoms with Gasteiger partial charge in [0, 0.05) is 50.7 Å². The molecular formula is C26H28N4O3. The Hall–Kier alpha value is -3.74. The average Bonchev–Trinajstić information content (AvgIpc) is 2.87. The Kier molecular flexibility index (Phi) is 6.98. The largest absolute Gasteiger partial charge is 0.481 e. The van der Waals surface area contributed by atoms with E-state index >= 15 is 0 Å². The van der Waals surface area contributed by atoms with Crippen molar-refractivity contribution in [1.29, 1.82) is 0 Å². The van der Waals surface area contributed by atoms with Crippen LogP contribution in [0.4, 0.5) is 0 Å². The molecule has 3 aromatic rings. The van der Waals surface area contributed by atoms with Crippen molar-refractivity contribution in [2.45, 2.75) is 25.8 Å². The third-order valence-corrected chi connectivity index (χ3v) is 5.91. The zero-order valence-corrected chi connectivity index (χ0v) is 19.0. The highest BCUT2D eigenvalue weighted by atomic mass is 16.5. The van der Waals surface area contributed by atoms with Crippen molar-refractivity contribution in [3.8, 4) is 17.0 Å². The first-order chi connectivity index (χ1) is 16.1. The number of hydrogen-bond donors (Lipinski definition) is 0. The molecule has 0 aliphatic carbocycles. The molecular weight excluding hydrogens is 416 g/mol. The summed E-state index contributed by atoms with van der Waals surface area (Å²) in [6.45, 7) is 3.79. The Morgan fingerprint density at radius 1 is 1.06 bits per heavy atom. The second-order valence-corrected chi connectivity index (χ2v) is 8.07.